The maximum absolute atomic E-state index is 5.42. The van der Waals surface area contributed by atoms with Gasteiger partial charge in [0.05, 0.1) is 20.3 Å². The molecule has 2 aromatic carbocycles. The fourth-order valence-corrected chi connectivity index (χ4v) is 3.53. The van der Waals surface area contributed by atoms with Crippen LogP contribution in [0.3, 0.4) is 0 Å². The lowest BCUT2D eigenvalue weighted by Gasteiger charge is -2.26. The molecule has 0 bridgehead atoms. The molecule has 2 aromatic rings. The van der Waals surface area contributed by atoms with Crippen LogP contribution in [0.4, 0.5) is 0 Å². The van der Waals surface area contributed by atoms with Crippen LogP contribution in [0.5, 0.6) is 5.75 Å². The van der Waals surface area contributed by atoms with Crippen molar-refractivity contribution in [3.63, 3.8) is 0 Å². The van der Waals surface area contributed by atoms with Gasteiger partial charge in [-0.2, -0.15) is 0 Å². The number of morpholine rings is 1. The van der Waals surface area contributed by atoms with Gasteiger partial charge in [0.25, 0.3) is 0 Å². The molecule has 1 fully saturated rings. The third-order valence-electron chi connectivity index (χ3n) is 5.40. The van der Waals surface area contributed by atoms with Crippen LogP contribution in [0.1, 0.15) is 22.3 Å². The highest BCUT2D eigenvalue weighted by atomic mass is 16.5. The molecule has 0 aromatic heterocycles. The summed E-state index contributed by atoms with van der Waals surface area (Å²) in [6, 6.07) is 15.2. The van der Waals surface area contributed by atoms with Crippen molar-refractivity contribution in [1.82, 2.24) is 15.5 Å². The van der Waals surface area contributed by atoms with E-state index in [4.69, 9.17) is 9.47 Å². The Morgan fingerprint density at radius 1 is 1.03 bits per heavy atom. The van der Waals surface area contributed by atoms with E-state index in [-0.39, 0.29) is 0 Å². The van der Waals surface area contributed by atoms with Gasteiger partial charge >= 0.3 is 0 Å². The zero-order chi connectivity index (χ0) is 21.2. The van der Waals surface area contributed by atoms with Crippen LogP contribution in [0.25, 0.3) is 0 Å². The maximum atomic E-state index is 5.42. The predicted octanol–water partition coefficient (Wildman–Crippen LogP) is 2.74. The Morgan fingerprint density at radius 3 is 2.43 bits per heavy atom. The van der Waals surface area contributed by atoms with Crippen LogP contribution in [0.2, 0.25) is 0 Å². The number of hydrogen-bond donors (Lipinski definition) is 2. The Bertz CT molecular complexity index is 814. The van der Waals surface area contributed by atoms with Crippen molar-refractivity contribution >= 4 is 5.96 Å². The molecule has 6 nitrogen and oxygen atoms in total. The van der Waals surface area contributed by atoms with Crippen molar-refractivity contribution in [3.8, 4) is 5.75 Å². The van der Waals surface area contributed by atoms with Gasteiger partial charge in [0.2, 0.25) is 0 Å². The lowest BCUT2D eigenvalue weighted by Crippen LogP contribution is -2.37. The van der Waals surface area contributed by atoms with Crippen molar-refractivity contribution in [1.29, 1.82) is 0 Å². The van der Waals surface area contributed by atoms with E-state index in [1.807, 2.05) is 0 Å². The molecule has 0 aliphatic carbocycles. The molecular weight excluding hydrogens is 376 g/mol. The molecule has 1 aliphatic heterocycles. The lowest BCUT2D eigenvalue weighted by atomic mass is 10.1. The predicted molar refractivity (Wildman–Crippen MR) is 122 cm³/mol. The summed E-state index contributed by atoms with van der Waals surface area (Å²) in [6.45, 7) is 8.31. The van der Waals surface area contributed by atoms with Gasteiger partial charge in [-0.05, 0) is 41.7 Å². The van der Waals surface area contributed by atoms with Crippen molar-refractivity contribution in [2.45, 2.75) is 26.4 Å². The summed E-state index contributed by atoms with van der Waals surface area (Å²) >= 11 is 0. The monoisotopic (exact) mass is 410 g/mol. The van der Waals surface area contributed by atoms with E-state index in [2.05, 4.69) is 69.9 Å². The van der Waals surface area contributed by atoms with Crippen LogP contribution in [-0.2, 0) is 24.2 Å². The summed E-state index contributed by atoms with van der Waals surface area (Å²) in [5.41, 5.74) is 4.99. The van der Waals surface area contributed by atoms with Crippen LogP contribution in [-0.4, -0.2) is 57.9 Å². The Kier molecular flexibility index (Phi) is 8.53. The average Bonchev–Trinajstić information content (AvgIpc) is 2.79. The van der Waals surface area contributed by atoms with Crippen molar-refractivity contribution < 1.29 is 9.47 Å². The number of rotatable bonds is 8. The Balaban J connectivity index is 1.41. The summed E-state index contributed by atoms with van der Waals surface area (Å²) in [6.07, 6.45) is 0.910. The van der Waals surface area contributed by atoms with Crippen molar-refractivity contribution in [3.05, 3.63) is 64.7 Å². The molecule has 0 saturated carbocycles. The number of benzene rings is 2. The number of aliphatic imine (C=N–C) groups is 1. The highest BCUT2D eigenvalue weighted by Gasteiger charge is 2.10. The second-order valence-electron chi connectivity index (χ2n) is 7.61. The molecular formula is C24H34N4O2. The average molecular weight is 411 g/mol. The number of nitrogens with one attached hydrogen (secondary N) is 2. The normalized spacial score (nSPS) is 15.1. The summed E-state index contributed by atoms with van der Waals surface area (Å²) in [7, 11) is 3.51. The van der Waals surface area contributed by atoms with E-state index in [0.29, 0.717) is 0 Å². The smallest absolute Gasteiger partial charge is 0.191 e. The number of aryl methyl sites for hydroxylation is 1. The van der Waals surface area contributed by atoms with E-state index < -0.39 is 0 Å². The minimum atomic E-state index is 0.746. The summed E-state index contributed by atoms with van der Waals surface area (Å²) in [5, 5.41) is 6.78. The third kappa shape index (κ3) is 6.75. The maximum Gasteiger partial charge on any atom is 0.191 e. The quantitative estimate of drug-likeness (QED) is 0.518. The summed E-state index contributed by atoms with van der Waals surface area (Å²) < 4.78 is 10.8. The minimum Gasteiger partial charge on any atom is -0.496 e. The molecule has 1 saturated heterocycles. The molecule has 3 rings (SSSR count). The molecule has 0 amide bonds. The number of hydrogen-bond acceptors (Lipinski definition) is 4. The van der Waals surface area contributed by atoms with E-state index in [9.17, 15) is 0 Å². The van der Waals surface area contributed by atoms with E-state index in [0.717, 1.165) is 69.6 Å². The molecule has 2 N–H and O–H groups in total. The highest BCUT2D eigenvalue weighted by Crippen LogP contribution is 2.19. The molecule has 6 heteroatoms. The second kappa shape index (κ2) is 11.6. The highest BCUT2D eigenvalue weighted by molar-refractivity contribution is 5.79. The standard InChI is InChI=1S/C24H34N4O2/c1-19-4-5-20(16-23(19)29-3)10-11-26-24(25-2)27-17-21-6-8-22(9-7-21)18-28-12-14-30-15-13-28/h4-9,16H,10-15,17-18H2,1-3H3,(H2,25,26,27). The number of guanidine groups is 1. The molecule has 0 radical (unpaired) electrons. The molecule has 0 atom stereocenters. The van der Waals surface area contributed by atoms with Crippen LogP contribution in [0.15, 0.2) is 47.5 Å². The van der Waals surface area contributed by atoms with E-state index >= 15 is 0 Å². The van der Waals surface area contributed by atoms with Crippen molar-refractivity contribution in [2.75, 3.05) is 47.0 Å². The zero-order valence-electron chi connectivity index (χ0n) is 18.4. The first-order valence-corrected chi connectivity index (χ1v) is 10.6. The topological polar surface area (TPSA) is 58.1 Å². The zero-order valence-corrected chi connectivity index (χ0v) is 18.4. The molecule has 30 heavy (non-hydrogen) atoms. The van der Waals surface area contributed by atoms with Gasteiger partial charge in [0, 0.05) is 39.8 Å². The fourth-order valence-electron chi connectivity index (χ4n) is 3.53. The number of nitrogens with zero attached hydrogens (tertiary/aromatic N) is 2. The second-order valence-corrected chi connectivity index (χ2v) is 7.61. The Hall–Kier alpha value is -2.57. The molecule has 162 valence electrons. The summed E-state index contributed by atoms with van der Waals surface area (Å²) in [5.74, 6) is 1.75. The molecule has 0 unspecified atom stereocenters. The molecule has 1 aliphatic rings. The largest absolute Gasteiger partial charge is 0.496 e. The van der Waals surface area contributed by atoms with Gasteiger partial charge in [-0.15, -0.1) is 0 Å². The first-order valence-electron chi connectivity index (χ1n) is 10.6. The third-order valence-corrected chi connectivity index (χ3v) is 5.40. The van der Waals surface area contributed by atoms with Crippen LogP contribution >= 0.6 is 0 Å². The number of ether oxygens (including phenoxy) is 2. The van der Waals surface area contributed by atoms with Gasteiger partial charge in [0.1, 0.15) is 5.75 Å². The van der Waals surface area contributed by atoms with Gasteiger partial charge in [-0.1, -0.05) is 36.4 Å². The van der Waals surface area contributed by atoms with Gasteiger partial charge in [-0.25, -0.2) is 0 Å². The minimum absolute atomic E-state index is 0.746. The van der Waals surface area contributed by atoms with Gasteiger partial charge < -0.3 is 20.1 Å². The fraction of sp³-hybridized carbons (Fsp3) is 0.458. The SMILES string of the molecule is CN=C(NCCc1ccc(C)c(OC)c1)NCc1ccc(CN2CCOCC2)cc1. The first kappa shape index (κ1) is 22.1. The van der Waals surface area contributed by atoms with Crippen LogP contribution in [0, 0.1) is 6.92 Å². The van der Waals surface area contributed by atoms with Gasteiger partial charge in [-0.3, -0.25) is 9.89 Å². The van der Waals surface area contributed by atoms with Crippen LogP contribution < -0.4 is 15.4 Å². The first-order chi connectivity index (χ1) is 14.7. The van der Waals surface area contributed by atoms with E-state index in [1.54, 1.807) is 14.2 Å². The lowest BCUT2D eigenvalue weighted by molar-refractivity contribution is 0.0342. The Morgan fingerprint density at radius 2 is 1.73 bits per heavy atom. The summed E-state index contributed by atoms with van der Waals surface area (Å²) in [4.78, 5) is 6.76. The van der Waals surface area contributed by atoms with Crippen molar-refractivity contribution in [2.24, 2.45) is 4.99 Å². The number of methoxy groups -OCH3 is 1. The van der Waals surface area contributed by atoms with E-state index in [1.165, 1.54) is 16.7 Å². The molecule has 1 heterocycles. The molecule has 0 spiro atoms. The Labute approximate surface area is 180 Å². The van der Waals surface area contributed by atoms with Gasteiger partial charge in [0.15, 0.2) is 5.96 Å².